The van der Waals surface area contributed by atoms with E-state index in [9.17, 15) is 9.59 Å². The van der Waals surface area contributed by atoms with E-state index in [1.807, 2.05) is 20.8 Å². The molecule has 0 saturated heterocycles. The maximum absolute atomic E-state index is 12.3. The number of urea groups is 1. The van der Waals surface area contributed by atoms with Gasteiger partial charge in [-0.15, -0.1) is 0 Å². The van der Waals surface area contributed by atoms with E-state index >= 15 is 0 Å². The summed E-state index contributed by atoms with van der Waals surface area (Å²) in [5.74, 6) is -0.298. The molecule has 0 heterocycles. The van der Waals surface area contributed by atoms with Crippen LogP contribution in [0.4, 0.5) is 4.79 Å². The number of nitrogens with zero attached hydrogens (tertiary/aromatic N) is 1. The zero-order chi connectivity index (χ0) is 15.2. The Morgan fingerprint density at radius 2 is 1.80 bits per heavy atom. The molecule has 2 N–H and O–H groups in total. The molecule has 1 aliphatic rings. The van der Waals surface area contributed by atoms with Crippen LogP contribution in [-0.4, -0.2) is 40.6 Å². The predicted octanol–water partition coefficient (Wildman–Crippen LogP) is 2.85. The predicted molar refractivity (Wildman–Crippen MR) is 78.7 cm³/mol. The number of carboxylic acids is 1. The molecule has 0 aliphatic heterocycles. The van der Waals surface area contributed by atoms with Crippen molar-refractivity contribution in [1.82, 2.24) is 10.2 Å². The molecule has 0 aromatic carbocycles. The summed E-state index contributed by atoms with van der Waals surface area (Å²) < 4.78 is 0. The summed E-state index contributed by atoms with van der Waals surface area (Å²) in [6, 6.07) is -0.149. The van der Waals surface area contributed by atoms with Gasteiger partial charge in [-0.3, -0.25) is 4.79 Å². The molecular formula is C15H28N2O3. The third kappa shape index (κ3) is 5.80. The summed E-state index contributed by atoms with van der Waals surface area (Å²) in [6.07, 6.45) is 6.16. The first-order chi connectivity index (χ1) is 9.30. The quantitative estimate of drug-likeness (QED) is 0.815. The van der Waals surface area contributed by atoms with E-state index in [4.69, 9.17) is 5.11 Å². The number of amides is 2. The number of carbonyl (C=O) groups excluding carboxylic acids is 1. The Balaban J connectivity index is 2.47. The molecule has 0 aromatic heterocycles. The van der Waals surface area contributed by atoms with Crippen molar-refractivity contribution in [2.24, 2.45) is 5.92 Å². The van der Waals surface area contributed by atoms with Gasteiger partial charge in [0.1, 0.15) is 0 Å². The van der Waals surface area contributed by atoms with Crippen LogP contribution < -0.4 is 5.32 Å². The Morgan fingerprint density at radius 1 is 1.20 bits per heavy atom. The second-order valence-corrected chi connectivity index (χ2v) is 6.66. The third-order valence-corrected chi connectivity index (χ3v) is 3.87. The Bertz CT molecular complexity index is 331. The van der Waals surface area contributed by atoms with Gasteiger partial charge in [0.05, 0.1) is 6.42 Å². The minimum Gasteiger partial charge on any atom is -0.481 e. The van der Waals surface area contributed by atoms with Crippen LogP contribution in [0, 0.1) is 5.92 Å². The highest BCUT2D eigenvalue weighted by atomic mass is 16.4. The fourth-order valence-electron chi connectivity index (χ4n) is 2.67. The summed E-state index contributed by atoms with van der Waals surface area (Å²) in [7, 11) is 0. The molecule has 0 bridgehead atoms. The van der Waals surface area contributed by atoms with Gasteiger partial charge >= 0.3 is 12.0 Å². The molecule has 2 amide bonds. The average Bonchev–Trinajstić information content (AvgIpc) is 2.35. The molecule has 116 valence electrons. The minimum atomic E-state index is -0.876. The van der Waals surface area contributed by atoms with Gasteiger partial charge < -0.3 is 15.3 Å². The van der Waals surface area contributed by atoms with E-state index in [1.54, 1.807) is 4.90 Å². The molecular weight excluding hydrogens is 256 g/mol. The van der Waals surface area contributed by atoms with Crippen LogP contribution in [0.2, 0.25) is 0 Å². The SMILES string of the molecule is CC(C)(C)N(CCC(=O)O)C(=O)NCC1CCCCC1. The molecule has 0 radical (unpaired) electrons. The van der Waals surface area contributed by atoms with E-state index < -0.39 is 5.97 Å². The lowest BCUT2D eigenvalue weighted by Crippen LogP contribution is -2.51. The molecule has 0 aromatic rings. The summed E-state index contributed by atoms with van der Waals surface area (Å²) in [5, 5.41) is 11.8. The number of aliphatic carboxylic acids is 1. The molecule has 5 heteroatoms. The fourth-order valence-corrected chi connectivity index (χ4v) is 2.67. The molecule has 0 unspecified atom stereocenters. The number of hydrogen-bond donors (Lipinski definition) is 2. The molecule has 1 saturated carbocycles. The number of rotatable bonds is 5. The molecule has 0 atom stereocenters. The van der Waals surface area contributed by atoms with Gasteiger partial charge in [0.25, 0.3) is 0 Å². The Kier molecular flexibility index (Phi) is 6.30. The second kappa shape index (κ2) is 7.50. The van der Waals surface area contributed by atoms with Crippen LogP contribution >= 0.6 is 0 Å². The van der Waals surface area contributed by atoms with E-state index in [0.717, 1.165) is 0 Å². The zero-order valence-electron chi connectivity index (χ0n) is 12.9. The average molecular weight is 284 g/mol. The lowest BCUT2D eigenvalue weighted by Gasteiger charge is -2.36. The largest absolute Gasteiger partial charge is 0.481 e. The first-order valence-electron chi connectivity index (χ1n) is 7.58. The Hall–Kier alpha value is -1.26. The fraction of sp³-hybridized carbons (Fsp3) is 0.867. The number of carbonyl (C=O) groups is 2. The molecule has 5 nitrogen and oxygen atoms in total. The van der Waals surface area contributed by atoms with Crippen LogP contribution in [0.15, 0.2) is 0 Å². The minimum absolute atomic E-state index is 0.0197. The monoisotopic (exact) mass is 284 g/mol. The molecule has 20 heavy (non-hydrogen) atoms. The van der Waals surface area contributed by atoms with Gasteiger partial charge in [0, 0.05) is 18.6 Å². The zero-order valence-corrected chi connectivity index (χ0v) is 12.9. The molecule has 1 rings (SSSR count). The van der Waals surface area contributed by atoms with Gasteiger partial charge in [-0.1, -0.05) is 19.3 Å². The highest BCUT2D eigenvalue weighted by Crippen LogP contribution is 2.23. The lowest BCUT2D eigenvalue weighted by atomic mass is 9.89. The van der Waals surface area contributed by atoms with Crippen molar-refractivity contribution in [2.45, 2.75) is 64.8 Å². The van der Waals surface area contributed by atoms with E-state index in [-0.39, 0.29) is 24.5 Å². The van der Waals surface area contributed by atoms with Crippen molar-refractivity contribution >= 4 is 12.0 Å². The second-order valence-electron chi connectivity index (χ2n) is 6.66. The number of hydrogen-bond acceptors (Lipinski definition) is 2. The van der Waals surface area contributed by atoms with Gasteiger partial charge in [-0.2, -0.15) is 0 Å². The smallest absolute Gasteiger partial charge is 0.317 e. The van der Waals surface area contributed by atoms with Crippen LogP contribution in [0.25, 0.3) is 0 Å². The maximum atomic E-state index is 12.3. The third-order valence-electron chi connectivity index (χ3n) is 3.87. The van der Waals surface area contributed by atoms with Crippen molar-refractivity contribution in [3.8, 4) is 0 Å². The van der Waals surface area contributed by atoms with Gasteiger partial charge in [-0.25, -0.2) is 4.79 Å². The normalized spacial score (nSPS) is 16.8. The lowest BCUT2D eigenvalue weighted by molar-refractivity contribution is -0.137. The molecule has 0 spiro atoms. The highest BCUT2D eigenvalue weighted by Gasteiger charge is 2.27. The number of carboxylic acid groups (broad SMARTS) is 1. The molecule has 1 fully saturated rings. The summed E-state index contributed by atoms with van der Waals surface area (Å²) in [5.41, 5.74) is -0.369. The van der Waals surface area contributed by atoms with E-state index in [1.165, 1.54) is 32.1 Å². The topological polar surface area (TPSA) is 69.6 Å². The first kappa shape index (κ1) is 16.8. The van der Waals surface area contributed by atoms with Crippen molar-refractivity contribution < 1.29 is 14.7 Å². The van der Waals surface area contributed by atoms with Crippen molar-refractivity contribution in [3.05, 3.63) is 0 Å². The molecule has 1 aliphatic carbocycles. The summed E-state index contributed by atoms with van der Waals surface area (Å²) >= 11 is 0. The first-order valence-corrected chi connectivity index (χ1v) is 7.58. The summed E-state index contributed by atoms with van der Waals surface area (Å²) in [6.45, 7) is 6.73. The van der Waals surface area contributed by atoms with Crippen LogP contribution in [-0.2, 0) is 4.79 Å². The van der Waals surface area contributed by atoms with Crippen LogP contribution in [0.1, 0.15) is 59.3 Å². The van der Waals surface area contributed by atoms with Crippen molar-refractivity contribution in [1.29, 1.82) is 0 Å². The Morgan fingerprint density at radius 3 is 2.30 bits per heavy atom. The van der Waals surface area contributed by atoms with Gasteiger partial charge in [0.2, 0.25) is 0 Å². The van der Waals surface area contributed by atoms with E-state index in [2.05, 4.69) is 5.32 Å². The van der Waals surface area contributed by atoms with Crippen molar-refractivity contribution in [3.63, 3.8) is 0 Å². The highest BCUT2D eigenvalue weighted by molar-refractivity contribution is 5.76. The van der Waals surface area contributed by atoms with Gasteiger partial charge in [-0.05, 0) is 39.5 Å². The van der Waals surface area contributed by atoms with Gasteiger partial charge in [0.15, 0.2) is 0 Å². The number of nitrogens with one attached hydrogen (secondary N) is 1. The van der Waals surface area contributed by atoms with Crippen molar-refractivity contribution in [2.75, 3.05) is 13.1 Å². The van der Waals surface area contributed by atoms with Crippen LogP contribution in [0.5, 0.6) is 0 Å². The summed E-state index contributed by atoms with van der Waals surface area (Å²) in [4.78, 5) is 24.6. The maximum Gasteiger partial charge on any atom is 0.317 e. The van der Waals surface area contributed by atoms with Crippen LogP contribution in [0.3, 0.4) is 0 Å². The van der Waals surface area contributed by atoms with E-state index in [0.29, 0.717) is 12.5 Å². The standard InChI is InChI=1S/C15H28N2O3/c1-15(2,3)17(10-9-13(18)19)14(20)16-11-12-7-5-4-6-8-12/h12H,4-11H2,1-3H3,(H,16,20)(H,18,19). The Labute approximate surface area is 121 Å².